The minimum atomic E-state index is 0.197. The molecule has 0 bridgehead atoms. The van der Waals surface area contributed by atoms with Crippen LogP contribution in [0.25, 0.3) is 0 Å². The van der Waals surface area contributed by atoms with E-state index in [-0.39, 0.29) is 11.8 Å². The second kappa shape index (κ2) is 2.86. The third-order valence-corrected chi connectivity index (χ3v) is 1.76. The van der Waals surface area contributed by atoms with Crippen LogP contribution in [0.1, 0.15) is 19.8 Å². The predicted octanol–water partition coefficient (Wildman–Crippen LogP) is 1.09. The highest BCUT2D eigenvalue weighted by molar-refractivity contribution is 5.80. The van der Waals surface area contributed by atoms with Gasteiger partial charge >= 0.3 is 0 Å². The summed E-state index contributed by atoms with van der Waals surface area (Å²) in [6.07, 6.45) is 1.83. The Morgan fingerprint density at radius 2 is 2.60 bits per heavy atom. The van der Waals surface area contributed by atoms with Crippen LogP contribution in [0, 0.1) is 5.92 Å². The summed E-state index contributed by atoms with van der Waals surface area (Å²) in [7, 11) is 0. The number of nitrogens with one attached hydrogen (secondary N) is 1. The lowest BCUT2D eigenvalue weighted by molar-refractivity contribution is -0.122. The molecular weight excluding hydrogens is 126 g/mol. The quantitative estimate of drug-likeness (QED) is 0.570. The lowest BCUT2D eigenvalue weighted by Crippen LogP contribution is -2.18. The van der Waals surface area contributed by atoms with Crippen molar-refractivity contribution in [2.24, 2.45) is 5.92 Å². The number of hydrogen-bond acceptors (Lipinski definition) is 1. The van der Waals surface area contributed by atoms with Crippen molar-refractivity contribution in [2.45, 2.75) is 19.8 Å². The summed E-state index contributed by atoms with van der Waals surface area (Å²) in [6, 6.07) is 0. The molecule has 1 fully saturated rings. The van der Waals surface area contributed by atoms with Gasteiger partial charge in [-0.15, -0.1) is 6.58 Å². The molecule has 1 N–H and O–H groups in total. The topological polar surface area (TPSA) is 29.1 Å². The first-order valence-electron chi connectivity index (χ1n) is 3.62. The van der Waals surface area contributed by atoms with Crippen molar-refractivity contribution < 1.29 is 4.79 Å². The summed E-state index contributed by atoms with van der Waals surface area (Å²) >= 11 is 0. The lowest BCUT2D eigenvalue weighted by Gasteiger charge is -2.03. The van der Waals surface area contributed by atoms with Gasteiger partial charge in [-0.2, -0.15) is 0 Å². The Kier molecular flexibility index (Phi) is 2.10. The molecule has 0 radical (unpaired) electrons. The van der Waals surface area contributed by atoms with E-state index in [2.05, 4.69) is 11.9 Å². The van der Waals surface area contributed by atoms with Gasteiger partial charge in [0.05, 0.1) is 0 Å². The molecule has 56 valence electrons. The average molecular weight is 139 g/mol. The molecule has 1 saturated heterocycles. The van der Waals surface area contributed by atoms with Crippen molar-refractivity contribution in [1.29, 1.82) is 0 Å². The summed E-state index contributed by atoms with van der Waals surface area (Å²) in [5, 5.41) is 2.79. The van der Waals surface area contributed by atoms with Gasteiger partial charge in [-0.3, -0.25) is 4.79 Å². The van der Waals surface area contributed by atoms with Crippen molar-refractivity contribution in [2.75, 3.05) is 6.54 Å². The molecule has 2 heteroatoms. The molecule has 0 saturated carbocycles. The van der Waals surface area contributed by atoms with Gasteiger partial charge in [0, 0.05) is 12.5 Å². The van der Waals surface area contributed by atoms with Crippen molar-refractivity contribution >= 4 is 5.91 Å². The van der Waals surface area contributed by atoms with Crippen LogP contribution in [-0.2, 0) is 4.79 Å². The third kappa shape index (κ3) is 1.59. The van der Waals surface area contributed by atoms with Gasteiger partial charge in [0.25, 0.3) is 0 Å². The molecule has 1 rings (SSSR count). The average Bonchev–Trinajstić information content (AvgIpc) is 2.15. The molecule has 0 aromatic heterocycles. The fourth-order valence-electron chi connectivity index (χ4n) is 1.26. The molecule has 1 heterocycles. The highest BCUT2D eigenvalue weighted by Gasteiger charge is 2.23. The van der Waals surface area contributed by atoms with E-state index in [0.717, 1.165) is 25.0 Å². The summed E-state index contributed by atoms with van der Waals surface area (Å²) in [4.78, 5) is 11.0. The van der Waals surface area contributed by atoms with E-state index in [1.165, 1.54) is 0 Å². The lowest BCUT2D eigenvalue weighted by atomic mass is 10.0. The smallest absolute Gasteiger partial charge is 0.223 e. The molecule has 0 aromatic rings. The molecule has 1 aliphatic heterocycles. The molecular formula is C8H13NO. The summed E-state index contributed by atoms with van der Waals surface area (Å²) in [5.41, 5.74) is 1.10. The number of rotatable bonds is 2. The molecule has 1 unspecified atom stereocenters. The first-order chi connectivity index (χ1) is 4.70. The molecule has 10 heavy (non-hydrogen) atoms. The van der Waals surface area contributed by atoms with E-state index in [4.69, 9.17) is 0 Å². The molecule has 0 aromatic carbocycles. The Labute approximate surface area is 61.3 Å². The van der Waals surface area contributed by atoms with Gasteiger partial charge in [-0.1, -0.05) is 5.57 Å². The maximum atomic E-state index is 11.0. The Morgan fingerprint density at radius 3 is 3.00 bits per heavy atom. The van der Waals surface area contributed by atoms with Gasteiger partial charge in [0.2, 0.25) is 5.91 Å². The van der Waals surface area contributed by atoms with E-state index >= 15 is 0 Å². The van der Waals surface area contributed by atoms with Crippen LogP contribution < -0.4 is 5.32 Å². The zero-order valence-electron chi connectivity index (χ0n) is 6.31. The fraction of sp³-hybridized carbons (Fsp3) is 0.625. The van der Waals surface area contributed by atoms with Crippen LogP contribution in [0.5, 0.6) is 0 Å². The minimum absolute atomic E-state index is 0.197. The Hall–Kier alpha value is -0.790. The first-order valence-corrected chi connectivity index (χ1v) is 3.62. The Morgan fingerprint density at radius 1 is 1.90 bits per heavy atom. The van der Waals surface area contributed by atoms with Crippen LogP contribution in [0.2, 0.25) is 0 Å². The number of carbonyl (C=O) groups is 1. The van der Waals surface area contributed by atoms with Crippen LogP contribution >= 0.6 is 0 Å². The highest BCUT2D eigenvalue weighted by atomic mass is 16.2. The van der Waals surface area contributed by atoms with E-state index in [1.54, 1.807) is 0 Å². The van der Waals surface area contributed by atoms with Crippen molar-refractivity contribution in [3.63, 3.8) is 0 Å². The standard InChI is InChI=1S/C8H13NO/c1-6(2)5-7-3-4-9-8(7)10/h7H,1,3-5H2,2H3,(H,9,10). The Bertz CT molecular complexity index is 163. The second-order valence-corrected chi connectivity index (χ2v) is 2.94. The van der Waals surface area contributed by atoms with Crippen LogP contribution in [0.4, 0.5) is 0 Å². The SMILES string of the molecule is C=C(C)CC1CCNC1=O. The van der Waals surface area contributed by atoms with Gasteiger partial charge in [0.15, 0.2) is 0 Å². The maximum absolute atomic E-state index is 11.0. The predicted molar refractivity (Wildman–Crippen MR) is 40.5 cm³/mol. The Balaban J connectivity index is 2.40. The van der Waals surface area contributed by atoms with Crippen LogP contribution in [0.15, 0.2) is 12.2 Å². The molecule has 1 aliphatic rings. The van der Waals surface area contributed by atoms with Gasteiger partial charge in [-0.25, -0.2) is 0 Å². The number of amides is 1. The first kappa shape index (κ1) is 7.32. The number of carbonyl (C=O) groups excluding carboxylic acids is 1. The number of hydrogen-bond donors (Lipinski definition) is 1. The molecule has 0 aliphatic carbocycles. The minimum Gasteiger partial charge on any atom is -0.356 e. The van der Waals surface area contributed by atoms with Crippen molar-refractivity contribution in [1.82, 2.24) is 5.32 Å². The monoisotopic (exact) mass is 139 g/mol. The highest BCUT2D eigenvalue weighted by Crippen LogP contribution is 2.17. The van der Waals surface area contributed by atoms with Crippen molar-refractivity contribution in [3.05, 3.63) is 12.2 Å². The van der Waals surface area contributed by atoms with E-state index in [1.807, 2.05) is 6.92 Å². The maximum Gasteiger partial charge on any atom is 0.223 e. The number of allylic oxidation sites excluding steroid dienone is 1. The zero-order valence-corrected chi connectivity index (χ0v) is 6.31. The van der Waals surface area contributed by atoms with Crippen molar-refractivity contribution in [3.8, 4) is 0 Å². The second-order valence-electron chi connectivity index (χ2n) is 2.94. The van der Waals surface area contributed by atoms with Crippen LogP contribution in [-0.4, -0.2) is 12.5 Å². The van der Waals surface area contributed by atoms with E-state index in [9.17, 15) is 4.79 Å². The summed E-state index contributed by atoms with van der Waals surface area (Å²) < 4.78 is 0. The molecule has 2 nitrogen and oxygen atoms in total. The fourth-order valence-corrected chi connectivity index (χ4v) is 1.26. The van der Waals surface area contributed by atoms with E-state index in [0.29, 0.717) is 0 Å². The normalized spacial score (nSPS) is 24.5. The largest absolute Gasteiger partial charge is 0.356 e. The van der Waals surface area contributed by atoms with Gasteiger partial charge < -0.3 is 5.32 Å². The summed E-state index contributed by atoms with van der Waals surface area (Å²) in [6.45, 7) is 6.58. The molecule has 0 spiro atoms. The van der Waals surface area contributed by atoms with Gasteiger partial charge in [-0.05, 0) is 19.8 Å². The summed E-state index contributed by atoms with van der Waals surface area (Å²) in [5.74, 6) is 0.403. The molecule has 1 amide bonds. The zero-order chi connectivity index (χ0) is 7.56. The van der Waals surface area contributed by atoms with Crippen LogP contribution in [0.3, 0.4) is 0 Å². The van der Waals surface area contributed by atoms with E-state index < -0.39 is 0 Å². The van der Waals surface area contributed by atoms with Gasteiger partial charge in [0.1, 0.15) is 0 Å². The molecule has 1 atom stereocenters. The third-order valence-electron chi connectivity index (χ3n) is 1.76.